The van der Waals surface area contributed by atoms with Crippen LogP contribution in [-0.4, -0.2) is 18.1 Å². The lowest BCUT2D eigenvalue weighted by Gasteiger charge is -2.18. The van der Waals surface area contributed by atoms with Crippen LogP contribution >= 0.6 is 22.6 Å². The number of para-hydroxylation sites is 1. The summed E-state index contributed by atoms with van der Waals surface area (Å²) < 4.78 is 12.0. The molecule has 84 valence electrons. The first-order chi connectivity index (χ1) is 7.33. The summed E-state index contributed by atoms with van der Waals surface area (Å²) >= 11 is 2.35. The second kappa shape index (κ2) is 7.06. The second-order valence-electron chi connectivity index (χ2n) is 3.26. The minimum absolute atomic E-state index is 0.140. The molecule has 0 aliphatic carbocycles. The molecule has 1 atom stereocenters. The molecule has 15 heavy (non-hydrogen) atoms. The van der Waals surface area contributed by atoms with Crippen LogP contribution < -0.4 is 4.74 Å². The van der Waals surface area contributed by atoms with E-state index in [0.717, 1.165) is 28.8 Å². The molecule has 1 unspecified atom stereocenters. The van der Waals surface area contributed by atoms with Crippen molar-refractivity contribution in [3.05, 3.63) is 29.8 Å². The Balaban J connectivity index is 2.80. The zero-order chi connectivity index (χ0) is 11.1. The number of hydrogen-bond acceptors (Lipinski definition) is 2. The van der Waals surface area contributed by atoms with Gasteiger partial charge in [0.1, 0.15) is 5.75 Å². The highest BCUT2D eigenvalue weighted by Gasteiger charge is 2.14. The van der Waals surface area contributed by atoms with Gasteiger partial charge in [0.25, 0.3) is 0 Å². The van der Waals surface area contributed by atoms with E-state index in [2.05, 4.69) is 35.6 Å². The third-order valence-corrected chi connectivity index (χ3v) is 2.95. The van der Waals surface area contributed by atoms with Crippen molar-refractivity contribution in [3.8, 4) is 5.75 Å². The van der Waals surface area contributed by atoms with Gasteiger partial charge in [0.05, 0.1) is 13.2 Å². The van der Waals surface area contributed by atoms with E-state index in [9.17, 15) is 0 Å². The van der Waals surface area contributed by atoms with Crippen LogP contribution in [0.1, 0.15) is 25.0 Å². The third-order valence-electron chi connectivity index (χ3n) is 2.15. The van der Waals surface area contributed by atoms with Gasteiger partial charge in [-0.3, -0.25) is 0 Å². The summed E-state index contributed by atoms with van der Waals surface area (Å²) in [7, 11) is 1.70. The average molecular weight is 320 g/mol. The third kappa shape index (κ3) is 3.65. The Morgan fingerprint density at radius 2 is 2.07 bits per heavy atom. The molecule has 1 rings (SSSR count). The van der Waals surface area contributed by atoms with Crippen molar-refractivity contribution in [2.75, 3.05) is 18.1 Å². The number of benzene rings is 1. The Labute approximate surface area is 105 Å². The molecule has 0 aliphatic rings. The molecular formula is C12H17IO2. The van der Waals surface area contributed by atoms with E-state index in [0.29, 0.717) is 0 Å². The molecule has 0 heterocycles. The van der Waals surface area contributed by atoms with Crippen LogP contribution in [0.2, 0.25) is 0 Å². The molecule has 0 fully saturated rings. The van der Waals surface area contributed by atoms with Crippen molar-refractivity contribution in [1.29, 1.82) is 0 Å². The van der Waals surface area contributed by atoms with Gasteiger partial charge in [0.15, 0.2) is 0 Å². The molecule has 0 spiro atoms. The van der Waals surface area contributed by atoms with E-state index in [4.69, 9.17) is 9.47 Å². The van der Waals surface area contributed by atoms with Gasteiger partial charge in [0, 0.05) is 16.6 Å². The summed E-state index contributed by atoms with van der Waals surface area (Å²) in [4.78, 5) is 0. The number of alkyl halides is 1. The van der Waals surface area contributed by atoms with Crippen LogP contribution in [0.5, 0.6) is 5.75 Å². The largest absolute Gasteiger partial charge is 0.496 e. The zero-order valence-electron chi connectivity index (χ0n) is 9.20. The Morgan fingerprint density at radius 3 is 2.67 bits per heavy atom. The van der Waals surface area contributed by atoms with Gasteiger partial charge >= 0.3 is 0 Å². The summed E-state index contributed by atoms with van der Waals surface area (Å²) in [5.74, 6) is 0.912. The summed E-state index contributed by atoms with van der Waals surface area (Å²) in [6.45, 7) is 2.91. The predicted octanol–water partition coefficient (Wildman–Crippen LogP) is 3.60. The van der Waals surface area contributed by atoms with Crippen LogP contribution in [0.25, 0.3) is 0 Å². The van der Waals surface area contributed by atoms with Crippen molar-refractivity contribution >= 4 is 22.6 Å². The highest BCUT2D eigenvalue weighted by atomic mass is 127. The molecule has 2 nitrogen and oxygen atoms in total. The van der Waals surface area contributed by atoms with Crippen molar-refractivity contribution in [2.45, 2.75) is 19.4 Å². The van der Waals surface area contributed by atoms with E-state index in [1.54, 1.807) is 7.11 Å². The normalized spacial score (nSPS) is 12.5. The van der Waals surface area contributed by atoms with Gasteiger partial charge in [-0.25, -0.2) is 0 Å². The quantitative estimate of drug-likeness (QED) is 0.589. The molecule has 0 bridgehead atoms. The smallest absolute Gasteiger partial charge is 0.124 e. The summed E-state index contributed by atoms with van der Waals surface area (Å²) in [6.07, 6.45) is 1.18. The monoisotopic (exact) mass is 320 g/mol. The van der Waals surface area contributed by atoms with Crippen LogP contribution in [0.3, 0.4) is 0 Å². The minimum Gasteiger partial charge on any atom is -0.496 e. The Hall–Kier alpha value is -0.290. The fourth-order valence-corrected chi connectivity index (χ4v) is 2.14. The summed E-state index contributed by atoms with van der Waals surface area (Å²) in [6, 6.07) is 8.04. The van der Waals surface area contributed by atoms with E-state index in [1.165, 1.54) is 0 Å². The highest BCUT2D eigenvalue weighted by molar-refractivity contribution is 14.1. The molecule has 1 aromatic rings. The number of halogens is 1. The number of hydrogen-bond donors (Lipinski definition) is 0. The standard InChI is InChI=1S/C12H17IO2/c1-3-8-15-12(9-13)10-6-4-5-7-11(10)14-2/h4-7,12H,3,8-9H2,1-2H3. The molecule has 0 saturated heterocycles. The molecule has 0 saturated carbocycles. The maximum absolute atomic E-state index is 5.78. The Morgan fingerprint density at radius 1 is 1.33 bits per heavy atom. The van der Waals surface area contributed by atoms with Crippen LogP contribution in [0, 0.1) is 0 Å². The van der Waals surface area contributed by atoms with Crippen LogP contribution in [0.15, 0.2) is 24.3 Å². The van der Waals surface area contributed by atoms with Gasteiger partial charge in [-0.15, -0.1) is 0 Å². The van der Waals surface area contributed by atoms with Crippen LogP contribution in [0.4, 0.5) is 0 Å². The van der Waals surface area contributed by atoms with Crippen molar-refractivity contribution in [1.82, 2.24) is 0 Å². The number of ether oxygens (including phenoxy) is 2. The van der Waals surface area contributed by atoms with E-state index in [-0.39, 0.29) is 6.10 Å². The number of methoxy groups -OCH3 is 1. The fourth-order valence-electron chi connectivity index (χ4n) is 1.41. The average Bonchev–Trinajstić information content (AvgIpc) is 2.30. The maximum Gasteiger partial charge on any atom is 0.124 e. The number of rotatable bonds is 6. The van der Waals surface area contributed by atoms with Gasteiger partial charge in [-0.05, 0) is 12.5 Å². The van der Waals surface area contributed by atoms with Crippen molar-refractivity contribution in [2.24, 2.45) is 0 Å². The molecule has 0 amide bonds. The highest BCUT2D eigenvalue weighted by Crippen LogP contribution is 2.28. The second-order valence-corrected chi connectivity index (χ2v) is 4.14. The van der Waals surface area contributed by atoms with Crippen molar-refractivity contribution < 1.29 is 9.47 Å². The van der Waals surface area contributed by atoms with Gasteiger partial charge in [-0.2, -0.15) is 0 Å². The van der Waals surface area contributed by atoms with Gasteiger partial charge in [0.2, 0.25) is 0 Å². The molecule has 1 aromatic carbocycles. The first-order valence-electron chi connectivity index (χ1n) is 5.14. The maximum atomic E-state index is 5.78. The molecule has 0 aromatic heterocycles. The first kappa shape index (κ1) is 12.8. The molecule has 0 N–H and O–H groups in total. The molecule has 3 heteroatoms. The van der Waals surface area contributed by atoms with E-state index in [1.807, 2.05) is 18.2 Å². The van der Waals surface area contributed by atoms with Crippen molar-refractivity contribution in [3.63, 3.8) is 0 Å². The zero-order valence-corrected chi connectivity index (χ0v) is 11.4. The molecule has 0 radical (unpaired) electrons. The topological polar surface area (TPSA) is 18.5 Å². The lowest BCUT2D eigenvalue weighted by molar-refractivity contribution is 0.0697. The predicted molar refractivity (Wildman–Crippen MR) is 70.9 cm³/mol. The fraction of sp³-hybridized carbons (Fsp3) is 0.500. The molecular weight excluding hydrogens is 303 g/mol. The van der Waals surface area contributed by atoms with E-state index < -0.39 is 0 Å². The Kier molecular flexibility index (Phi) is 6.02. The lowest BCUT2D eigenvalue weighted by atomic mass is 10.1. The van der Waals surface area contributed by atoms with Gasteiger partial charge < -0.3 is 9.47 Å². The van der Waals surface area contributed by atoms with Gasteiger partial charge in [-0.1, -0.05) is 47.7 Å². The summed E-state index contributed by atoms with van der Waals surface area (Å²) in [5.41, 5.74) is 1.14. The SMILES string of the molecule is CCCOC(CI)c1ccccc1OC. The summed E-state index contributed by atoms with van der Waals surface area (Å²) in [5, 5.41) is 0. The Bertz CT molecular complexity index is 289. The van der Waals surface area contributed by atoms with Crippen LogP contribution in [-0.2, 0) is 4.74 Å². The van der Waals surface area contributed by atoms with E-state index >= 15 is 0 Å². The lowest BCUT2D eigenvalue weighted by Crippen LogP contribution is -2.08. The molecule has 0 aliphatic heterocycles. The first-order valence-corrected chi connectivity index (χ1v) is 6.66. The minimum atomic E-state index is 0.140.